The summed E-state index contributed by atoms with van der Waals surface area (Å²) in [4.78, 5) is 38.7. The summed E-state index contributed by atoms with van der Waals surface area (Å²) in [6.45, 7) is 3.81. The van der Waals surface area contributed by atoms with Gasteiger partial charge in [0.2, 0.25) is 0 Å². The Kier molecular flexibility index (Phi) is 5.74. The number of imide groups is 2. The summed E-state index contributed by atoms with van der Waals surface area (Å²) in [5.41, 5.74) is 2.71. The van der Waals surface area contributed by atoms with Crippen molar-refractivity contribution in [2.75, 3.05) is 19.1 Å². The van der Waals surface area contributed by atoms with Gasteiger partial charge in [0.05, 0.1) is 24.4 Å². The summed E-state index contributed by atoms with van der Waals surface area (Å²) in [6, 6.07) is 7.75. The maximum atomic E-state index is 13.0. The van der Waals surface area contributed by atoms with E-state index < -0.39 is 17.8 Å². The van der Waals surface area contributed by atoms with Gasteiger partial charge in [-0.25, -0.2) is 9.69 Å². The molecule has 0 unspecified atom stereocenters. The Balaban J connectivity index is 2.06. The highest BCUT2D eigenvalue weighted by molar-refractivity contribution is 9.10. The monoisotopic (exact) mass is 458 g/mol. The predicted molar refractivity (Wildman–Crippen MR) is 112 cm³/mol. The summed E-state index contributed by atoms with van der Waals surface area (Å²) in [7, 11) is 2.99. The quantitative estimate of drug-likeness (QED) is 0.556. The standard InChI is InChI=1S/C21H19BrN2O5/c1-11-5-6-14(7-12(11)2)24-20(26)15(19(25)23-21(24)27)8-13-9-16(22)18(29-4)17(10-13)28-3/h5-10H,1-4H3,(H,23,25,27)/b15-8+. The molecule has 2 aromatic carbocycles. The first kappa shape index (κ1) is 20.6. The molecule has 2 aromatic rings. The zero-order valence-corrected chi connectivity index (χ0v) is 17.9. The van der Waals surface area contributed by atoms with E-state index >= 15 is 0 Å². The van der Waals surface area contributed by atoms with Gasteiger partial charge >= 0.3 is 6.03 Å². The number of methoxy groups -OCH3 is 2. The van der Waals surface area contributed by atoms with Gasteiger partial charge in [-0.1, -0.05) is 6.07 Å². The van der Waals surface area contributed by atoms with Gasteiger partial charge < -0.3 is 9.47 Å². The Hall–Kier alpha value is -3.13. The molecule has 0 saturated carbocycles. The number of urea groups is 1. The van der Waals surface area contributed by atoms with Gasteiger partial charge in [0, 0.05) is 0 Å². The SMILES string of the molecule is COc1cc(/C=C2\C(=O)NC(=O)N(c3ccc(C)c(C)c3)C2=O)cc(Br)c1OC. The number of amides is 4. The Morgan fingerprint density at radius 2 is 1.72 bits per heavy atom. The lowest BCUT2D eigenvalue weighted by Crippen LogP contribution is -2.54. The van der Waals surface area contributed by atoms with Gasteiger partial charge in [-0.05, 0) is 76.8 Å². The first-order valence-corrected chi connectivity index (χ1v) is 9.46. The van der Waals surface area contributed by atoms with Crippen molar-refractivity contribution in [1.29, 1.82) is 0 Å². The van der Waals surface area contributed by atoms with Gasteiger partial charge in [-0.2, -0.15) is 0 Å². The number of nitrogens with zero attached hydrogens (tertiary/aromatic N) is 1. The highest BCUT2D eigenvalue weighted by Gasteiger charge is 2.37. The molecule has 0 atom stereocenters. The molecule has 0 aromatic heterocycles. The number of hydrogen-bond acceptors (Lipinski definition) is 5. The van der Waals surface area contributed by atoms with E-state index in [9.17, 15) is 14.4 Å². The molecule has 1 fully saturated rings. The molecule has 8 heteroatoms. The Bertz CT molecular complexity index is 1060. The van der Waals surface area contributed by atoms with E-state index in [1.165, 1.54) is 20.3 Å². The van der Waals surface area contributed by atoms with Crippen molar-refractivity contribution < 1.29 is 23.9 Å². The minimum absolute atomic E-state index is 0.165. The van der Waals surface area contributed by atoms with Gasteiger partial charge in [-0.3, -0.25) is 14.9 Å². The summed E-state index contributed by atoms with van der Waals surface area (Å²) < 4.78 is 11.2. The molecule has 29 heavy (non-hydrogen) atoms. The van der Waals surface area contributed by atoms with Gasteiger partial charge in [0.1, 0.15) is 5.57 Å². The maximum Gasteiger partial charge on any atom is 0.335 e. The molecule has 3 rings (SSSR count). The van der Waals surface area contributed by atoms with Crippen LogP contribution in [-0.4, -0.2) is 32.1 Å². The van der Waals surface area contributed by atoms with Crippen LogP contribution in [0.1, 0.15) is 16.7 Å². The Morgan fingerprint density at radius 3 is 2.34 bits per heavy atom. The molecule has 7 nitrogen and oxygen atoms in total. The second-order valence-electron chi connectivity index (χ2n) is 6.46. The third-order valence-corrected chi connectivity index (χ3v) is 5.21. The van der Waals surface area contributed by atoms with E-state index in [1.807, 2.05) is 19.9 Å². The first-order chi connectivity index (χ1) is 13.8. The molecule has 1 aliphatic rings. The van der Waals surface area contributed by atoms with Crippen LogP contribution in [0, 0.1) is 13.8 Å². The molecule has 1 N–H and O–H groups in total. The highest BCUT2D eigenvalue weighted by Crippen LogP contribution is 2.37. The number of nitrogens with one attached hydrogen (secondary N) is 1. The summed E-state index contributed by atoms with van der Waals surface area (Å²) in [6.07, 6.45) is 1.41. The lowest BCUT2D eigenvalue weighted by molar-refractivity contribution is -0.122. The molecule has 0 aliphatic carbocycles. The van der Waals surface area contributed by atoms with E-state index in [2.05, 4.69) is 21.2 Å². The van der Waals surface area contributed by atoms with Crippen LogP contribution in [0.3, 0.4) is 0 Å². The smallest absolute Gasteiger partial charge is 0.335 e. The number of anilines is 1. The number of aryl methyl sites for hydroxylation is 2. The van der Waals surface area contributed by atoms with E-state index in [4.69, 9.17) is 9.47 Å². The number of barbiturate groups is 1. The van der Waals surface area contributed by atoms with E-state index in [1.54, 1.807) is 24.3 Å². The second kappa shape index (κ2) is 8.08. The van der Waals surface area contributed by atoms with Gasteiger partial charge in [0.25, 0.3) is 11.8 Å². The molecule has 0 spiro atoms. The van der Waals surface area contributed by atoms with Crippen LogP contribution in [0.4, 0.5) is 10.5 Å². The fourth-order valence-corrected chi connectivity index (χ4v) is 3.57. The van der Waals surface area contributed by atoms with Crippen LogP contribution in [0.2, 0.25) is 0 Å². The number of halogens is 1. The molecule has 0 radical (unpaired) electrons. The van der Waals surface area contributed by atoms with Crippen LogP contribution in [0.5, 0.6) is 11.5 Å². The summed E-state index contributed by atoms with van der Waals surface area (Å²) in [5.74, 6) is -0.542. The molecule has 4 amide bonds. The van der Waals surface area contributed by atoms with E-state index in [0.717, 1.165) is 16.0 Å². The topological polar surface area (TPSA) is 84.9 Å². The fraction of sp³-hybridized carbons (Fsp3) is 0.190. The van der Waals surface area contributed by atoms with Crippen LogP contribution in [0.25, 0.3) is 6.08 Å². The molecular formula is C21H19BrN2O5. The third kappa shape index (κ3) is 3.88. The lowest BCUT2D eigenvalue weighted by atomic mass is 10.0. The number of hydrogen-bond donors (Lipinski definition) is 1. The average Bonchev–Trinajstić information content (AvgIpc) is 2.67. The van der Waals surface area contributed by atoms with Crippen molar-refractivity contribution >= 4 is 45.5 Å². The molecule has 1 saturated heterocycles. The Morgan fingerprint density at radius 1 is 1.00 bits per heavy atom. The summed E-state index contributed by atoms with van der Waals surface area (Å²) in [5, 5.41) is 2.22. The van der Waals surface area contributed by atoms with Crippen molar-refractivity contribution in [3.8, 4) is 11.5 Å². The number of carbonyl (C=O) groups excluding carboxylic acids is 3. The van der Waals surface area contributed by atoms with Crippen molar-refractivity contribution in [3.05, 3.63) is 57.1 Å². The minimum Gasteiger partial charge on any atom is -0.493 e. The fourth-order valence-electron chi connectivity index (χ4n) is 2.94. The molecule has 0 bridgehead atoms. The van der Waals surface area contributed by atoms with Crippen LogP contribution >= 0.6 is 15.9 Å². The van der Waals surface area contributed by atoms with Crippen molar-refractivity contribution in [2.45, 2.75) is 13.8 Å². The minimum atomic E-state index is -0.783. The number of carbonyl (C=O) groups is 3. The Labute approximate surface area is 176 Å². The van der Waals surface area contributed by atoms with Crippen molar-refractivity contribution in [1.82, 2.24) is 5.32 Å². The molecular weight excluding hydrogens is 440 g/mol. The number of ether oxygens (including phenoxy) is 2. The number of rotatable bonds is 4. The van der Waals surface area contributed by atoms with Crippen molar-refractivity contribution in [2.24, 2.45) is 0 Å². The molecule has 150 valence electrons. The lowest BCUT2D eigenvalue weighted by Gasteiger charge is -2.27. The highest BCUT2D eigenvalue weighted by atomic mass is 79.9. The maximum absolute atomic E-state index is 13.0. The number of benzene rings is 2. The van der Waals surface area contributed by atoms with Gasteiger partial charge in [0.15, 0.2) is 11.5 Å². The molecule has 1 heterocycles. The average molecular weight is 459 g/mol. The van der Waals surface area contributed by atoms with Crippen molar-refractivity contribution in [3.63, 3.8) is 0 Å². The largest absolute Gasteiger partial charge is 0.493 e. The van der Waals surface area contributed by atoms with Crippen LogP contribution < -0.4 is 19.7 Å². The zero-order valence-electron chi connectivity index (χ0n) is 16.3. The first-order valence-electron chi connectivity index (χ1n) is 8.67. The zero-order chi connectivity index (χ0) is 21.3. The summed E-state index contributed by atoms with van der Waals surface area (Å²) >= 11 is 3.38. The second-order valence-corrected chi connectivity index (χ2v) is 7.32. The normalized spacial score (nSPS) is 15.6. The van der Waals surface area contributed by atoms with Gasteiger partial charge in [-0.15, -0.1) is 0 Å². The predicted octanol–water partition coefficient (Wildman–Crippen LogP) is 3.75. The van der Waals surface area contributed by atoms with E-state index in [0.29, 0.717) is 27.2 Å². The van der Waals surface area contributed by atoms with Crippen LogP contribution in [-0.2, 0) is 9.59 Å². The third-order valence-electron chi connectivity index (χ3n) is 4.62. The van der Waals surface area contributed by atoms with Crippen LogP contribution in [0.15, 0.2) is 40.4 Å². The van der Waals surface area contributed by atoms with E-state index in [-0.39, 0.29) is 5.57 Å². The molecule has 1 aliphatic heterocycles.